The van der Waals surface area contributed by atoms with Crippen molar-refractivity contribution in [1.29, 1.82) is 0 Å². The molecule has 7 heteroatoms. The van der Waals surface area contributed by atoms with Gasteiger partial charge in [-0.15, -0.1) is 11.3 Å². The first-order valence-electron chi connectivity index (χ1n) is 12.8. The maximum Gasteiger partial charge on any atom is 0.258 e. The Balaban J connectivity index is 1.20. The maximum absolute atomic E-state index is 13.5. The Morgan fingerprint density at radius 1 is 1.11 bits per heavy atom. The predicted octanol–water partition coefficient (Wildman–Crippen LogP) is 6.29. The molecule has 6 nitrogen and oxygen atoms in total. The minimum absolute atomic E-state index is 0.140. The third-order valence-corrected chi connectivity index (χ3v) is 9.28. The Bertz CT molecular complexity index is 1400. The van der Waals surface area contributed by atoms with E-state index in [1.165, 1.54) is 44.2 Å². The van der Waals surface area contributed by atoms with E-state index in [2.05, 4.69) is 22.7 Å². The number of nitrogens with zero attached hydrogens (tertiary/aromatic N) is 4. The second kappa shape index (κ2) is 7.98. The lowest BCUT2D eigenvalue weighted by Gasteiger charge is -2.56. The van der Waals surface area contributed by atoms with Crippen LogP contribution >= 0.6 is 11.3 Å². The highest BCUT2D eigenvalue weighted by molar-refractivity contribution is 7.14. The van der Waals surface area contributed by atoms with Crippen molar-refractivity contribution in [3.05, 3.63) is 59.4 Å². The average molecular weight is 484 g/mol. The van der Waals surface area contributed by atoms with Gasteiger partial charge in [-0.25, -0.2) is 9.97 Å². The van der Waals surface area contributed by atoms with Crippen LogP contribution in [0.4, 0.5) is 5.13 Å². The molecule has 1 amide bonds. The highest BCUT2D eigenvalue weighted by atomic mass is 32.1. The van der Waals surface area contributed by atoms with Gasteiger partial charge in [0.1, 0.15) is 0 Å². The zero-order valence-corrected chi connectivity index (χ0v) is 20.7. The number of carbonyl (C=O) groups excluding carboxylic acids is 1. The van der Waals surface area contributed by atoms with E-state index >= 15 is 0 Å². The third kappa shape index (κ3) is 3.59. The van der Waals surface area contributed by atoms with Crippen LogP contribution in [-0.4, -0.2) is 25.7 Å². The number of carbonyl (C=O) groups is 1. The molecule has 0 spiro atoms. The van der Waals surface area contributed by atoms with E-state index in [0.717, 1.165) is 46.5 Å². The van der Waals surface area contributed by atoms with Gasteiger partial charge in [0.05, 0.1) is 28.7 Å². The van der Waals surface area contributed by atoms with Gasteiger partial charge in [-0.1, -0.05) is 18.2 Å². The molecule has 0 atom stereocenters. The molecule has 0 aliphatic heterocycles. The first-order chi connectivity index (χ1) is 17.1. The van der Waals surface area contributed by atoms with Gasteiger partial charge >= 0.3 is 0 Å². The van der Waals surface area contributed by atoms with E-state index in [1.807, 2.05) is 41.2 Å². The Labute approximate surface area is 208 Å². The fourth-order valence-electron chi connectivity index (χ4n) is 7.34. The van der Waals surface area contributed by atoms with Crippen molar-refractivity contribution in [2.45, 2.75) is 57.4 Å². The number of thiazole rings is 1. The molecular formula is C28H29N5OS. The van der Waals surface area contributed by atoms with E-state index in [4.69, 9.17) is 9.97 Å². The smallest absolute Gasteiger partial charge is 0.258 e. The molecule has 3 heterocycles. The van der Waals surface area contributed by atoms with Gasteiger partial charge in [0, 0.05) is 34.5 Å². The van der Waals surface area contributed by atoms with Crippen LogP contribution in [0, 0.1) is 17.8 Å². The van der Waals surface area contributed by atoms with E-state index < -0.39 is 0 Å². The number of amides is 1. The second-order valence-electron chi connectivity index (χ2n) is 10.8. The van der Waals surface area contributed by atoms with Gasteiger partial charge in [0.2, 0.25) is 0 Å². The average Bonchev–Trinajstić information content (AvgIpc) is 3.53. The lowest BCUT2D eigenvalue weighted by molar-refractivity contribution is -0.00688. The second-order valence-corrected chi connectivity index (χ2v) is 11.7. The largest absolute Gasteiger partial charge is 0.298 e. The number of anilines is 1. The van der Waals surface area contributed by atoms with Crippen molar-refractivity contribution in [1.82, 2.24) is 19.7 Å². The lowest BCUT2D eigenvalue weighted by atomic mass is 9.49. The Kier molecular flexibility index (Phi) is 4.85. The zero-order chi connectivity index (χ0) is 23.6. The van der Waals surface area contributed by atoms with Gasteiger partial charge in [-0.3, -0.25) is 14.8 Å². The molecule has 0 unspecified atom stereocenters. The van der Waals surface area contributed by atoms with Crippen LogP contribution in [0.3, 0.4) is 0 Å². The number of fused-ring (bicyclic) bond motifs is 1. The van der Waals surface area contributed by atoms with Gasteiger partial charge in [0.15, 0.2) is 5.13 Å². The number of rotatable bonds is 5. The maximum atomic E-state index is 13.5. The summed E-state index contributed by atoms with van der Waals surface area (Å²) in [6.07, 6.45) is 11.9. The molecule has 8 rings (SSSR count). The first kappa shape index (κ1) is 21.2. The number of hydrogen-bond donors (Lipinski definition) is 1. The SMILES string of the molecule is CCn1cc(-c2cc(C(=O)Nc3nc(C45CC6CC(CC(C6)C4)C5)cs3)c3ccccc3n2)cn1. The van der Waals surface area contributed by atoms with Gasteiger partial charge in [0.25, 0.3) is 5.91 Å². The highest BCUT2D eigenvalue weighted by Gasteiger charge is 2.52. The normalized spacial score (nSPS) is 26.9. The number of aromatic nitrogens is 4. The van der Waals surface area contributed by atoms with Crippen molar-refractivity contribution < 1.29 is 4.79 Å². The molecule has 178 valence electrons. The van der Waals surface area contributed by atoms with Crippen molar-refractivity contribution in [3.8, 4) is 11.3 Å². The summed E-state index contributed by atoms with van der Waals surface area (Å²) in [5, 5.41) is 11.2. The Morgan fingerprint density at radius 3 is 2.57 bits per heavy atom. The summed E-state index contributed by atoms with van der Waals surface area (Å²) in [5.41, 5.74) is 4.52. The summed E-state index contributed by atoms with van der Waals surface area (Å²) in [6.45, 7) is 2.84. The van der Waals surface area contributed by atoms with Crippen LogP contribution in [0.15, 0.2) is 48.1 Å². The van der Waals surface area contributed by atoms with E-state index in [-0.39, 0.29) is 11.3 Å². The van der Waals surface area contributed by atoms with Gasteiger partial charge in [-0.05, 0) is 75.3 Å². The number of pyridine rings is 1. The lowest BCUT2D eigenvalue weighted by Crippen LogP contribution is -2.48. The number of hydrogen-bond acceptors (Lipinski definition) is 5. The molecule has 4 bridgehead atoms. The molecular weight excluding hydrogens is 454 g/mol. The summed E-state index contributed by atoms with van der Waals surface area (Å²) in [7, 11) is 0. The summed E-state index contributed by atoms with van der Waals surface area (Å²) >= 11 is 1.56. The quantitative estimate of drug-likeness (QED) is 0.362. The minimum atomic E-state index is -0.140. The molecule has 0 radical (unpaired) electrons. The standard InChI is InChI=1S/C28H29N5OS/c1-2-33-15-20(14-29-33)24-10-22(21-5-3-4-6-23(21)30-24)26(34)32-27-31-25(16-35-27)28-11-17-7-18(12-28)9-19(8-17)13-28/h3-6,10,14-19H,2,7-9,11-13H2,1H3,(H,31,32,34). The zero-order valence-electron chi connectivity index (χ0n) is 19.9. The van der Waals surface area contributed by atoms with Gasteiger partial charge in [-0.2, -0.15) is 5.10 Å². The van der Waals surface area contributed by atoms with E-state index in [9.17, 15) is 4.79 Å². The molecule has 4 aromatic rings. The number of nitrogens with one attached hydrogen (secondary N) is 1. The van der Waals surface area contributed by atoms with E-state index in [0.29, 0.717) is 10.7 Å². The Hall–Kier alpha value is -3.06. The topological polar surface area (TPSA) is 72.7 Å². The van der Waals surface area contributed by atoms with Crippen molar-refractivity contribution >= 4 is 33.3 Å². The summed E-state index contributed by atoms with van der Waals surface area (Å²) in [4.78, 5) is 23.3. The minimum Gasteiger partial charge on any atom is -0.298 e. The van der Waals surface area contributed by atoms with Crippen LogP contribution in [0.5, 0.6) is 0 Å². The van der Waals surface area contributed by atoms with Crippen LogP contribution < -0.4 is 5.32 Å². The van der Waals surface area contributed by atoms with Crippen LogP contribution in [-0.2, 0) is 12.0 Å². The molecule has 1 aromatic carbocycles. The summed E-state index contributed by atoms with van der Waals surface area (Å²) in [5.74, 6) is 2.48. The molecule has 3 aromatic heterocycles. The number of benzene rings is 1. The number of para-hydroxylation sites is 1. The Morgan fingerprint density at radius 2 is 1.86 bits per heavy atom. The molecule has 4 aliphatic carbocycles. The first-order valence-corrected chi connectivity index (χ1v) is 13.7. The van der Waals surface area contributed by atoms with E-state index in [1.54, 1.807) is 17.5 Å². The molecule has 0 saturated heterocycles. The van der Waals surface area contributed by atoms with Crippen molar-refractivity contribution in [2.75, 3.05) is 5.32 Å². The van der Waals surface area contributed by atoms with Crippen molar-refractivity contribution in [3.63, 3.8) is 0 Å². The highest BCUT2D eigenvalue weighted by Crippen LogP contribution is 2.60. The monoisotopic (exact) mass is 483 g/mol. The summed E-state index contributed by atoms with van der Waals surface area (Å²) < 4.78 is 1.87. The molecule has 35 heavy (non-hydrogen) atoms. The summed E-state index contributed by atoms with van der Waals surface area (Å²) in [6, 6.07) is 9.69. The molecule has 4 saturated carbocycles. The predicted molar refractivity (Wildman–Crippen MR) is 139 cm³/mol. The van der Waals surface area contributed by atoms with Gasteiger partial charge < -0.3 is 0 Å². The fraction of sp³-hybridized carbons (Fsp3) is 0.429. The van der Waals surface area contributed by atoms with Crippen molar-refractivity contribution in [2.24, 2.45) is 17.8 Å². The fourth-order valence-corrected chi connectivity index (χ4v) is 8.17. The third-order valence-electron chi connectivity index (χ3n) is 8.52. The molecule has 4 fully saturated rings. The van der Waals surface area contributed by atoms with Crippen LogP contribution in [0.1, 0.15) is 61.5 Å². The number of aryl methyl sites for hydroxylation is 1. The van der Waals surface area contributed by atoms with Crippen LogP contribution in [0.25, 0.3) is 22.2 Å². The van der Waals surface area contributed by atoms with Crippen LogP contribution in [0.2, 0.25) is 0 Å². The molecule has 1 N–H and O–H groups in total. The molecule has 4 aliphatic rings.